The van der Waals surface area contributed by atoms with E-state index in [2.05, 4.69) is 0 Å². The van der Waals surface area contributed by atoms with Crippen LogP contribution in [0.5, 0.6) is 5.75 Å². The Labute approximate surface area is 185 Å². The molecule has 2 aromatic carbocycles. The third-order valence-electron chi connectivity index (χ3n) is 5.32. The van der Waals surface area contributed by atoms with E-state index in [4.69, 9.17) is 9.84 Å². The molecule has 3 amide bonds. The number of carboxylic acids is 1. The number of nitrogens with zero attached hydrogens (tertiary/aromatic N) is 2. The smallest absolute Gasteiger partial charge is 0.328 e. The van der Waals surface area contributed by atoms with Gasteiger partial charge in [-0.25, -0.2) is 9.69 Å². The van der Waals surface area contributed by atoms with Crippen molar-refractivity contribution in [2.75, 3.05) is 18.6 Å². The first kappa shape index (κ1) is 22.7. The molecule has 166 valence electrons. The lowest BCUT2D eigenvalue weighted by Gasteiger charge is -2.27. The molecule has 1 fully saturated rings. The number of benzene rings is 2. The van der Waals surface area contributed by atoms with Gasteiger partial charge in [-0.2, -0.15) is 0 Å². The number of ether oxygens (including phenoxy) is 1. The van der Waals surface area contributed by atoms with Crippen LogP contribution in [0.2, 0.25) is 0 Å². The predicted octanol–water partition coefficient (Wildman–Crippen LogP) is 2.35. The first-order valence-electron chi connectivity index (χ1n) is 10.1. The van der Waals surface area contributed by atoms with Gasteiger partial charge in [0.1, 0.15) is 11.8 Å². The molecule has 0 aromatic heterocycles. The molecule has 0 radical (unpaired) electrons. The summed E-state index contributed by atoms with van der Waals surface area (Å²) in [4.78, 5) is 52.1. The Morgan fingerprint density at radius 1 is 1.12 bits per heavy atom. The molecule has 0 saturated carbocycles. The van der Waals surface area contributed by atoms with Gasteiger partial charge in [0.25, 0.3) is 5.91 Å². The van der Waals surface area contributed by atoms with Crippen LogP contribution < -0.4 is 9.64 Å². The summed E-state index contributed by atoms with van der Waals surface area (Å²) in [6.07, 6.45) is 1.81. The van der Waals surface area contributed by atoms with Crippen LogP contribution in [0.25, 0.3) is 0 Å². The van der Waals surface area contributed by atoms with Gasteiger partial charge in [0.05, 0.1) is 19.2 Å². The van der Waals surface area contributed by atoms with Crippen molar-refractivity contribution in [3.63, 3.8) is 0 Å². The number of imide groups is 1. The molecule has 2 aromatic rings. The van der Waals surface area contributed by atoms with Crippen molar-refractivity contribution in [3.05, 3.63) is 71.8 Å². The maximum absolute atomic E-state index is 13.2. The number of hydrogen-bond donors (Lipinski definition) is 1. The topological polar surface area (TPSA) is 104 Å². The summed E-state index contributed by atoms with van der Waals surface area (Å²) in [5.41, 5.74) is 2.05. The van der Waals surface area contributed by atoms with E-state index in [0.29, 0.717) is 17.9 Å². The first-order chi connectivity index (χ1) is 15.3. The fraction of sp³-hybridized carbons (Fsp3) is 0.250. The highest BCUT2D eigenvalue weighted by atomic mass is 16.5. The summed E-state index contributed by atoms with van der Waals surface area (Å²) < 4.78 is 5.34. The normalized spacial score (nSPS) is 15.9. The molecular formula is C24H24N2O6. The fourth-order valence-electron chi connectivity index (χ4n) is 3.74. The van der Waals surface area contributed by atoms with Crippen molar-refractivity contribution in [1.29, 1.82) is 0 Å². The van der Waals surface area contributed by atoms with E-state index in [-0.39, 0.29) is 13.0 Å². The van der Waals surface area contributed by atoms with Crippen LogP contribution in [-0.2, 0) is 25.6 Å². The zero-order valence-corrected chi connectivity index (χ0v) is 17.9. The van der Waals surface area contributed by atoms with Crippen LogP contribution >= 0.6 is 0 Å². The van der Waals surface area contributed by atoms with Crippen molar-refractivity contribution < 1.29 is 29.0 Å². The van der Waals surface area contributed by atoms with Gasteiger partial charge in [-0.05, 0) is 36.6 Å². The summed E-state index contributed by atoms with van der Waals surface area (Å²) in [5.74, 6) is -2.22. The lowest BCUT2D eigenvalue weighted by atomic mass is 10.1. The Morgan fingerprint density at radius 3 is 2.50 bits per heavy atom. The van der Waals surface area contributed by atoms with Gasteiger partial charge in [-0.3, -0.25) is 14.4 Å². The van der Waals surface area contributed by atoms with Crippen LogP contribution in [0.3, 0.4) is 0 Å². The standard InChI is InChI=1S/C24H24N2O6/c1-16-7-3-5-9-18(16)26-22(28)15-19(24(26)31)25(21(27)11-12-23(29)30)14-13-17-8-4-6-10-20(17)32-2/h3-12,19H,13-15H2,1-2H3,(H,29,30)/b12-11+. The molecule has 0 spiro atoms. The summed E-state index contributed by atoms with van der Waals surface area (Å²) >= 11 is 0. The molecule has 8 nitrogen and oxygen atoms in total. The van der Waals surface area contributed by atoms with Gasteiger partial charge >= 0.3 is 5.97 Å². The second-order valence-electron chi connectivity index (χ2n) is 7.34. The molecule has 1 heterocycles. The molecule has 3 rings (SSSR count). The summed E-state index contributed by atoms with van der Waals surface area (Å²) in [6, 6.07) is 13.3. The van der Waals surface area contributed by atoms with Gasteiger partial charge < -0.3 is 14.7 Å². The molecule has 1 aliphatic heterocycles. The summed E-state index contributed by atoms with van der Waals surface area (Å²) in [7, 11) is 1.54. The molecule has 1 saturated heterocycles. The largest absolute Gasteiger partial charge is 0.496 e. The molecule has 32 heavy (non-hydrogen) atoms. The van der Waals surface area contributed by atoms with Crippen LogP contribution in [0.4, 0.5) is 5.69 Å². The summed E-state index contributed by atoms with van der Waals surface area (Å²) in [5, 5.41) is 8.90. The highest BCUT2D eigenvalue weighted by Gasteiger charge is 2.44. The van der Waals surface area contributed by atoms with E-state index < -0.39 is 29.7 Å². The Hall–Kier alpha value is -3.94. The van der Waals surface area contributed by atoms with Gasteiger partial charge in [-0.1, -0.05) is 36.4 Å². The van der Waals surface area contributed by atoms with Crippen molar-refractivity contribution in [3.8, 4) is 5.75 Å². The minimum atomic E-state index is -1.28. The predicted molar refractivity (Wildman–Crippen MR) is 117 cm³/mol. The average molecular weight is 436 g/mol. The quantitative estimate of drug-likeness (QED) is 0.503. The lowest BCUT2D eigenvalue weighted by molar-refractivity contribution is -0.135. The van der Waals surface area contributed by atoms with Crippen molar-refractivity contribution >= 4 is 29.4 Å². The lowest BCUT2D eigenvalue weighted by Crippen LogP contribution is -2.46. The molecule has 1 unspecified atom stereocenters. The number of rotatable bonds is 8. The first-order valence-corrected chi connectivity index (χ1v) is 10.1. The Bertz CT molecular complexity index is 1080. The van der Waals surface area contributed by atoms with Crippen LogP contribution in [0, 0.1) is 6.92 Å². The van der Waals surface area contributed by atoms with Crippen molar-refractivity contribution in [2.24, 2.45) is 0 Å². The van der Waals surface area contributed by atoms with Crippen LogP contribution in [0.1, 0.15) is 17.5 Å². The third-order valence-corrected chi connectivity index (χ3v) is 5.32. The number of carboxylic acid groups (broad SMARTS) is 1. The second-order valence-corrected chi connectivity index (χ2v) is 7.34. The number of anilines is 1. The maximum atomic E-state index is 13.2. The van der Waals surface area contributed by atoms with Gasteiger partial charge in [0.2, 0.25) is 11.8 Å². The Kier molecular flexibility index (Phi) is 7.04. The van der Waals surface area contributed by atoms with E-state index in [9.17, 15) is 19.2 Å². The number of aliphatic carboxylic acids is 1. The van der Waals surface area contributed by atoms with Crippen molar-refractivity contribution in [2.45, 2.75) is 25.8 Å². The molecule has 1 aliphatic rings. The number of amides is 3. The zero-order chi connectivity index (χ0) is 23.3. The highest BCUT2D eigenvalue weighted by molar-refractivity contribution is 6.23. The maximum Gasteiger partial charge on any atom is 0.328 e. The van der Waals surface area contributed by atoms with E-state index in [1.54, 1.807) is 37.3 Å². The molecule has 1 atom stereocenters. The minimum Gasteiger partial charge on any atom is -0.496 e. The molecule has 1 N–H and O–H groups in total. The molecule has 0 aliphatic carbocycles. The highest BCUT2D eigenvalue weighted by Crippen LogP contribution is 2.29. The van der Waals surface area contributed by atoms with Crippen LogP contribution in [0.15, 0.2) is 60.7 Å². The van der Waals surface area contributed by atoms with E-state index in [1.165, 1.54) is 12.0 Å². The average Bonchev–Trinajstić information content (AvgIpc) is 3.06. The minimum absolute atomic E-state index is 0.106. The van der Waals surface area contributed by atoms with Crippen molar-refractivity contribution in [1.82, 2.24) is 4.90 Å². The molecule has 8 heteroatoms. The van der Waals surface area contributed by atoms with Gasteiger partial charge in [-0.15, -0.1) is 0 Å². The molecular weight excluding hydrogens is 412 g/mol. The summed E-state index contributed by atoms with van der Waals surface area (Å²) in [6.45, 7) is 1.90. The Balaban J connectivity index is 1.90. The molecule has 0 bridgehead atoms. The van der Waals surface area contributed by atoms with Crippen LogP contribution in [-0.4, -0.2) is 53.4 Å². The number of carbonyl (C=O) groups excluding carboxylic acids is 3. The van der Waals surface area contributed by atoms with E-state index in [1.807, 2.05) is 18.2 Å². The number of aryl methyl sites for hydroxylation is 1. The zero-order valence-electron chi connectivity index (χ0n) is 17.9. The Morgan fingerprint density at radius 2 is 1.81 bits per heavy atom. The number of hydrogen-bond acceptors (Lipinski definition) is 5. The van der Waals surface area contributed by atoms with Gasteiger partial charge in [0.15, 0.2) is 0 Å². The third kappa shape index (κ3) is 4.85. The number of para-hydroxylation sites is 2. The number of methoxy groups -OCH3 is 1. The van der Waals surface area contributed by atoms with E-state index in [0.717, 1.165) is 28.2 Å². The number of carbonyl (C=O) groups is 4. The fourth-order valence-corrected chi connectivity index (χ4v) is 3.74. The second kappa shape index (κ2) is 9.91. The monoisotopic (exact) mass is 436 g/mol. The SMILES string of the molecule is COc1ccccc1CCN(C(=O)/C=C/C(=O)O)C1CC(=O)N(c2ccccc2C)C1=O. The van der Waals surface area contributed by atoms with Gasteiger partial charge in [0, 0.05) is 18.7 Å². The van der Waals surface area contributed by atoms with E-state index >= 15 is 0 Å².